The van der Waals surface area contributed by atoms with Crippen LogP contribution in [-0.4, -0.2) is 64.8 Å². The lowest BCUT2D eigenvalue weighted by Crippen LogP contribution is -2.52. The van der Waals surface area contributed by atoms with E-state index in [-0.39, 0.29) is 11.6 Å². The van der Waals surface area contributed by atoms with Crippen LogP contribution in [0.3, 0.4) is 0 Å². The Morgan fingerprint density at radius 3 is 2.77 bits per heavy atom. The van der Waals surface area contributed by atoms with E-state index in [0.29, 0.717) is 24.1 Å². The largest absolute Gasteiger partial charge is 0.372 e. The Labute approximate surface area is 186 Å². The second-order valence-corrected chi connectivity index (χ2v) is 11.1. The highest BCUT2D eigenvalue weighted by Gasteiger charge is 2.46. The van der Waals surface area contributed by atoms with Crippen LogP contribution in [0.15, 0.2) is 12.4 Å². The van der Waals surface area contributed by atoms with E-state index in [4.69, 9.17) is 9.72 Å². The van der Waals surface area contributed by atoms with Crippen molar-refractivity contribution < 1.29 is 4.74 Å². The first kappa shape index (κ1) is 20.3. The molecule has 1 aromatic heterocycles. The van der Waals surface area contributed by atoms with Crippen LogP contribution < -0.4 is 15.8 Å². The third-order valence-corrected chi connectivity index (χ3v) is 8.38. The molecular weight excluding hydrogens is 388 g/mol. The van der Waals surface area contributed by atoms with Crippen molar-refractivity contribution >= 4 is 5.82 Å². The normalized spacial score (nSPS) is 37.6. The summed E-state index contributed by atoms with van der Waals surface area (Å²) >= 11 is 0. The summed E-state index contributed by atoms with van der Waals surface area (Å²) in [6.45, 7) is 9.18. The average Bonchev–Trinajstić information content (AvgIpc) is 3.69. The number of fused-ring (bicyclic) bond motifs is 1. The van der Waals surface area contributed by atoms with Gasteiger partial charge in [0.2, 0.25) is 0 Å². The molecular formula is C24H38N6O. The molecule has 2 saturated heterocycles. The van der Waals surface area contributed by atoms with Gasteiger partial charge in [-0.3, -0.25) is 10.3 Å². The Morgan fingerprint density at radius 2 is 2.00 bits per heavy atom. The van der Waals surface area contributed by atoms with Crippen molar-refractivity contribution in [1.29, 1.82) is 0 Å². The van der Waals surface area contributed by atoms with Crippen LogP contribution in [0.25, 0.3) is 0 Å². The smallest absolute Gasteiger partial charge is 0.132 e. The second kappa shape index (κ2) is 7.94. The number of hydrazine groups is 1. The molecule has 7 nitrogen and oxygen atoms in total. The monoisotopic (exact) mass is 426 g/mol. The van der Waals surface area contributed by atoms with Gasteiger partial charge in [-0.05, 0) is 64.7 Å². The molecule has 5 fully saturated rings. The van der Waals surface area contributed by atoms with Gasteiger partial charge in [0.05, 0.1) is 23.4 Å². The first-order valence-electron chi connectivity index (χ1n) is 12.6. The van der Waals surface area contributed by atoms with Gasteiger partial charge in [-0.2, -0.15) is 0 Å². The zero-order valence-corrected chi connectivity index (χ0v) is 19.1. The zero-order chi connectivity index (χ0) is 21.0. The van der Waals surface area contributed by atoms with E-state index in [1.54, 1.807) is 6.33 Å². The molecule has 3 heterocycles. The molecule has 0 radical (unpaired) electrons. The summed E-state index contributed by atoms with van der Waals surface area (Å²) in [5.74, 6) is 2.57. The maximum Gasteiger partial charge on any atom is 0.132 e. The molecule has 5 atom stereocenters. The summed E-state index contributed by atoms with van der Waals surface area (Å²) in [5, 5.41) is 0. The number of nitrogens with one attached hydrogen (secondary N) is 2. The van der Waals surface area contributed by atoms with Crippen LogP contribution in [0.2, 0.25) is 0 Å². The maximum absolute atomic E-state index is 6.45. The molecule has 0 spiro atoms. The van der Waals surface area contributed by atoms with Crippen molar-refractivity contribution in [2.24, 2.45) is 11.8 Å². The molecule has 0 bridgehead atoms. The molecule has 0 aromatic carbocycles. The highest BCUT2D eigenvalue weighted by molar-refractivity contribution is 5.41. The number of anilines is 1. The minimum absolute atomic E-state index is 0.160. The molecule has 2 N–H and O–H groups in total. The van der Waals surface area contributed by atoms with Crippen molar-refractivity contribution in [3.63, 3.8) is 0 Å². The Kier molecular flexibility index (Phi) is 5.21. The minimum Gasteiger partial charge on any atom is -0.372 e. The number of hydrogen-bond donors (Lipinski definition) is 2. The molecule has 6 rings (SSSR count). The van der Waals surface area contributed by atoms with E-state index in [0.717, 1.165) is 49.9 Å². The number of ether oxygens (including phenoxy) is 1. The summed E-state index contributed by atoms with van der Waals surface area (Å²) in [6.07, 6.45) is 10.9. The van der Waals surface area contributed by atoms with Gasteiger partial charge in [-0.15, -0.1) is 0 Å². The topological polar surface area (TPSA) is 65.5 Å². The highest BCUT2D eigenvalue weighted by Crippen LogP contribution is 2.45. The first-order chi connectivity index (χ1) is 15.1. The van der Waals surface area contributed by atoms with Crippen molar-refractivity contribution in [1.82, 2.24) is 25.7 Å². The predicted molar refractivity (Wildman–Crippen MR) is 121 cm³/mol. The Morgan fingerprint density at radius 1 is 1.13 bits per heavy atom. The summed E-state index contributed by atoms with van der Waals surface area (Å²) in [6, 6.07) is 3.57. The lowest BCUT2D eigenvalue weighted by atomic mass is 9.79. The summed E-state index contributed by atoms with van der Waals surface area (Å²) < 4.78 is 6.45. The van der Waals surface area contributed by atoms with Crippen molar-refractivity contribution in [3.05, 3.63) is 18.1 Å². The Bertz CT molecular complexity index is 796. The second-order valence-electron chi connectivity index (χ2n) is 11.1. The van der Waals surface area contributed by atoms with Gasteiger partial charge in [0.15, 0.2) is 0 Å². The summed E-state index contributed by atoms with van der Waals surface area (Å²) in [5.41, 5.74) is 8.40. The highest BCUT2D eigenvalue weighted by atomic mass is 16.5. The lowest BCUT2D eigenvalue weighted by Gasteiger charge is -2.40. The molecule has 2 aliphatic heterocycles. The predicted octanol–water partition coefficient (Wildman–Crippen LogP) is 2.65. The first-order valence-corrected chi connectivity index (χ1v) is 12.6. The standard InChI is InChI=1S/C24H38N6O/c1-16-13-30(10-9-29(16)14-17-3-4-17)22-12-21(25-15-26-22)23-19-11-18(31-24(2)7-8-24)5-6-20(19)27-28-23/h12,15-20,23,27-28H,3-11,13-14H2,1-2H3/t16-,18?,19?,20?,23?/m1/s1. The molecule has 3 aliphatic carbocycles. The van der Waals surface area contributed by atoms with E-state index in [9.17, 15) is 0 Å². The number of rotatable bonds is 6. The van der Waals surface area contributed by atoms with Crippen molar-refractivity contribution in [3.8, 4) is 0 Å². The quantitative estimate of drug-likeness (QED) is 0.725. The van der Waals surface area contributed by atoms with Gasteiger partial charge < -0.3 is 9.64 Å². The van der Waals surface area contributed by atoms with Crippen molar-refractivity contribution in [2.75, 3.05) is 31.1 Å². The van der Waals surface area contributed by atoms with Crippen LogP contribution in [0, 0.1) is 11.8 Å². The Hall–Kier alpha value is -1.28. The van der Waals surface area contributed by atoms with Gasteiger partial charge in [0.25, 0.3) is 0 Å². The van der Waals surface area contributed by atoms with Crippen LogP contribution in [0.1, 0.15) is 70.5 Å². The summed E-state index contributed by atoms with van der Waals surface area (Å²) in [4.78, 5) is 14.5. The number of hydrogen-bond acceptors (Lipinski definition) is 7. The molecule has 3 saturated carbocycles. The van der Waals surface area contributed by atoms with E-state index >= 15 is 0 Å². The SMILES string of the molecule is C[C@@H]1CN(c2cc(C3NNC4CCC(OC5(C)CC5)CC43)ncn2)CCN1CC1CC1. The third kappa shape index (κ3) is 4.34. The molecule has 1 aromatic rings. The zero-order valence-electron chi connectivity index (χ0n) is 19.1. The number of piperazine rings is 1. The van der Waals surface area contributed by atoms with Gasteiger partial charge >= 0.3 is 0 Å². The minimum atomic E-state index is 0.160. The molecule has 170 valence electrons. The van der Waals surface area contributed by atoms with Gasteiger partial charge in [0.1, 0.15) is 12.1 Å². The number of nitrogens with zero attached hydrogens (tertiary/aromatic N) is 4. The van der Waals surface area contributed by atoms with Crippen LogP contribution >= 0.6 is 0 Å². The van der Waals surface area contributed by atoms with Crippen LogP contribution in [-0.2, 0) is 4.74 Å². The Balaban J connectivity index is 1.13. The fourth-order valence-corrected chi connectivity index (χ4v) is 5.92. The van der Waals surface area contributed by atoms with Crippen LogP contribution in [0.4, 0.5) is 5.82 Å². The van der Waals surface area contributed by atoms with Crippen LogP contribution in [0.5, 0.6) is 0 Å². The van der Waals surface area contributed by atoms with Crippen molar-refractivity contribution in [2.45, 2.75) is 88.6 Å². The molecule has 4 unspecified atom stereocenters. The third-order valence-electron chi connectivity index (χ3n) is 8.38. The average molecular weight is 427 g/mol. The summed E-state index contributed by atoms with van der Waals surface area (Å²) in [7, 11) is 0. The molecule has 0 amide bonds. The fraction of sp³-hybridized carbons (Fsp3) is 0.833. The maximum atomic E-state index is 6.45. The van der Waals surface area contributed by atoms with E-state index in [1.165, 1.54) is 38.6 Å². The van der Waals surface area contributed by atoms with Gasteiger partial charge in [-0.1, -0.05) is 0 Å². The molecule has 7 heteroatoms. The van der Waals surface area contributed by atoms with E-state index < -0.39 is 0 Å². The molecule has 5 aliphatic rings. The van der Waals surface area contributed by atoms with Gasteiger partial charge in [0, 0.05) is 50.2 Å². The fourth-order valence-electron chi connectivity index (χ4n) is 5.92. The van der Waals surface area contributed by atoms with Gasteiger partial charge in [-0.25, -0.2) is 15.4 Å². The number of aromatic nitrogens is 2. The van der Waals surface area contributed by atoms with E-state index in [2.05, 4.69) is 45.5 Å². The lowest BCUT2D eigenvalue weighted by molar-refractivity contribution is -0.0500. The molecule has 31 heavy (non-hydrogen) atoms. The van der Waals surface area contributed by atoms with E-state index in [1.807, 2.05) is 0 Å².